The zero-order valence-corrected chi connectivity index (χ0v) is 13.4. The van der Waals surface area contributed by atoms with Crippen molar-refractivity contribution in [1.82, 2.24) is 9.88 Å². The van der Waals surface area contributed by atoms with Crippen molar-refractivity contribution < 1.29 is 19.2 Å². The topological polar surface area (TPSA) is 71.9 Å². The minimum Gasteiger partial charge on any atom is -0.465 e. The minimum absolute atomic E-state index is 0.184. The van der Waals surface area contributed by atoms with E-state index in [0.29, 0.717) is 13.1 Å². The van der Waals surface area contributed by atoms with Crippen LogP contribution in [0.15, 0.2) is 18.3 Å². The van der Waals surface area contributed by atoms with Gasteiger partial charge in [-0.2, -0.15) is 0 Å². The smallest absolute Gasteiger partial charge is 0.465 e. The van der Waals surface area contributed by atoms with E-state index >= 15 is 0 Å². The molecule has 0 radical (unpaired) electrons. The molecule has 2 saturated heterocycles. The maximum absolute atomic E-state index is 10.8. The predicted molar refractivity (Wildman–Crippen MR) is 82.3 cm³/mol. The van der Waals surface area contributed by atoms with Gasteiger partial charge in [-0.05, 0) is 33.8 Å². The van der Waals surface area contributed by atoms with Crippen molar-refractivity contribution in [3.63, 3.8) is 0 Å². The Morgan fingerprint density at radius 3 is 2.32 bits per heavy atom. The number of pyridine rings is 1. The van der Waals surface area contributed by atoms with E-state index in [4.69, 9.17) is 14.4 Å². The third-order valence-corrected chi connectivity index (χ3v) is 4.90. The molecule has 0 saturated carbocycles. The molecule has 0 bridgehead atoms. The number of nitrogens with zero attached hydrogens (tertiary/aromatic N) is 2. The molecular formula is C15H21BN2O4. The minimum atomic E-state index is -0.870. The molecule has 1 amide bonds. The fourth-order valence-corrected chi connectivity index (χ4v) is 2.60. The normalized spacial score (nSPS) is 23.5. The summed E-state index contributed by atoms with van der Waals surface area (Å²) in [5.74, 6) is 0.184. The molecule has 2 fully saturated rings. The second-order valence-corrected chi connectivity index (χ2v) is 6.99. The van der Waals surface area contributed by atoms with Crippen LogP contribution in [-0.2, 0) is 9.31 Å². The van der Waals surface area contributed by atoms with Crippen molar-refractivity contribution in [2.75, 3.05) is 13.1 Å². The van der Waals surface area contributed by atoms with Crippen LogP contribution in [0.25, 0.3) is 0 Å². The van der Waals surface area contributed by atoms with Gasteiger partial charge in [-0.25, -0.2) is 4.79 Å². The summed E-state index contributed by atoms with van der Waals surface area (Å²) >= 11 is 0. The highest BCUT2D eigenvalue weighted by Crippen LogP contribution is 2.36. The van der Waals surface area contributed by atoms with Gasteiger partial charge in [0.15, 0.2) is 0 Å². The Morgan fingerprint density at radius 1 is 1.27 bits per heavy atom. The summed E-state index contributed by atoms with van der Waals surface area (Å²) in [5.41, 5.74) is 1.06. The lowest BCUT2D eigenvalue weighted by molar-refractivity contribution is 0.00578. The first-order chi connectivity index (χ1) is 10.2. The molecule has 0 aliphatic carbocycles. The number of rotatable bonds is 2. The highest BCUT2D eigenvalue weighted by Gasteiger charge is 2.51. The van der Waals surface area contributed by atoms with Gasteiger partial charge < -0.3 is 19.3 Å². The van der Waals surface area contributed by atoms with Gasteiger partial charge in [0.05, 0.1) is 11.2 Å². The van der Waals surface area contributed by atoms with Crippen LogP contribution in [0.4, 0.5) is 4.79 Å². The van der Waals surface area contributed by atoms with Crippen molar-refractivity contribution >= 4 is 18.7 Å². The van der Waals surface area contributed by atoms with Crippen LogP contribution in [0.3, 0.4) is 0 Å². The van der Waals surface area contributed by atoms with E-state index in [0.717, 1.165) is 11.2 Å². The monoisotopic (exact) mass is 304 g/mol. The fraction of sp³-hybridized carbons (Fsp3) is 0.600. The highest BCUT2D eigenvalue weighted by atomic mass is 16.7. The first kappa shape index (κ1) is 15.3. The number of hydrogen-bond donors (Lipinski definition) is 1. The van der Waals surface area contributed by atoms with Crippen LogP contribution in [0.1, 0.15) is 39.3 Å². The summed E-state index contributed by atoms with van der Waals surface area (Å²) in [7, 11) is -0.413. The summed E-state index contributed by atoms with van der Waals surface area (Å²) in [6, 6.07) is 3.89. The van der Waals surface area contributed by atoms with Crippen LogP contribution >= 0.6 is 0 Å². The van der Waals surface area contributed by atoms with Crippen molar-refractivity contribution in [2.45, 2.75) is 44.8 Å². The van der Waals surface area contributed by atoms with Crippen LogP contribution in [0.5, 0.6) is 0 Å². The van der Waals surface area contributed by atoms with Crippen molar-refractivity contribution in [3.05, 3.63) is 24.0 Å². The van der Waals surface area contributed by atoms with Crippen LogP contribution in [0, 0.1) is 0 Å². The molecule has 3 heterocycles. The van der Waals surface area contributed by atoms with Gasteiger partial charge in [0, 0.05) is 36.4 Å². The van der Waals surface area contributed by atoms with Gasteiger partial charge in [-0.3, -0.25) is 4.98 Å². The number of hydrogen-bond acceptors (Lipinski definition) is 4. The average molecular weight is 304 g/mol. The first-order valence-electron chi connectivity index (χ1n) is 7.49. The Bertz CT molecular complexity index is 566. The Hall–Kier alpha value is -1.60. The van der Waals surface area contributed by atoms with E-state index in [9.17, 15) is 4.79 Å². The number of amides is 1. The van der Waals surface area contributed by atoms with Crippen molar-refractivity contribution in [1.29, 1.82) is 0 Å². The lowest BCUT2D eigenvalue weighted by Crippen LogP contribution is -2.48. The molecule has 2 aliphatic heterocycles. The molecule has 2 aliphatic rings. The van der Waals surface area contributed by atoms with E-state index in [-0.39, 0.29) is 17.1 Å². The summed E-state index contributed by atoms with van der Waals surface area (Å²) in [6.07, 6.45) is 0.895. The fourth-order valence-electron chi connectivity index (χ4n) is 2.60. The molecule has 0 aromatic carbocycles. The molecule has 0 atom stereocenters. The quantitative estimate of drug-likeness (QED) is 0.838. The van der Waals surface area contributed by atoms with Crippen molar-refractivity contribution in [3.8, 4) is 0 Å². The van der Waals surface area contributed by atoms with E-state index in [2.05, 4.69) is 4.98 Å². The van der Waals surface area contributed by atoms with Gasteiger partial charge in [-0.15, -0.1) is 0 Å². The zero-order chi connectivity index (χ0) is 16.1. The Morgan fingerprint density at radius 2 is 1.86 bits per heavy atom. The predicted octanol–water partition coefficient (Wildman–Crippen LogP) is 1.46. The summed E-state index contributed by atoms with van der Waals surface area (Å²) < 4.78 is 12.0. The van der Waals surface area contributed by atoms with Crippen LogP contribution in [0.2, 0.25) is 0 Å². The maximum atomic E-state index is 10.8. The van der Waals surface area contributed by atoms with Crippen LogP contribution < -0.4 is 5.46 Å². The highest BCUT2D eigenvalue weighted by molar-refractivity contribution is 6.62. The second-order valence-electron chi connectivity index (χ2n) is 6.99. The summed E-state index contributed by atoms with van der Waals surface area (Å²) in [5, 5.41) is 8.86. The number of likely N-dealkylation sites (tertiary alicyclic amines) is 1. The third kappa shape index (κ3) is 2.48. The number of carboxylic acid groups (broad SMARTS) is 1. The lowest BCUT2D eigenvalue weighted by Gasteiger charge is -2.36. The molecule has 1 N–H and O–H groups in total. The lowest BCUT2D eigenvalue weighted by atomic mass is 9.80. The molecule has 1 aromatic rings. The molecule has 0 unspecified atom stereocenters. The van der Waals surface area contributed by atoms with Crippen molar-refractivity contribution in [2.24, 2.45) is 0 Å². The second kappa shape index (κ2) is 4.96. The molecule has 7 heteroatoms. The van der Waals surface area contributed by atoms with E-state index in [1.807, 2.05) is 39.8 Å². The van der Waals surface area contributed by atoms with Crippen LogP contribution in [-0.4, -0.2) is 52.5 Å². The molecule has 1 aromatic heterocycles. The van der Waals surface area contributed by atoms with E-state index in [1.165, 1.54) is 4.90 Å². The number of carbonyl (C=O) groups is 1. The summed E-state index contributed by atoms with van der Waals surface area (Å²) in [6.45, 7) is 9.09. The third-order valence-electron chi connectivity index (χ3n) is 4.90. The molecule has 118 valence electrons. The Kier molecular flexibility index (Phi) is 3.45. The number of aromatic nitrogens is 1. The Labute approximate surface area is 130 Å². The molecule has 3 rings (SSSR count). The first-order valence-corrected chi connectivity index (χ1v) is 7.49. The maximum Gasteiger partial charge on any atom is 0.496 e. The standard InChI is InChI=1S/C15H21BN2O4/c1-14(2)15(3,4)22-16(21-14)11-5-6-12(17-7-11)10-8-18(9-10)13(19)20/h5-7,10H,8-9H2,1-4H3,(H,19,20). The molecular weight excluding hydrogens is 283 g/mol. The molecule has 6 nitrogen and oxygen atoms in total. The van der Waals surface area contributed by atoms with E-state index in [1.54, 1.807) is 6.20 Å². The SMILES string of the molecule is CC1(C)OB(c2ccc(C3CN(C(=O)O)C3)nc2)OC1(C)C. The zero-order valence-electron chi connectivity index (χ0n) is 13.4. The van der Waals surface area contributed by atoms with Gasteiger partial charge in [-0.1, -0.05) is 6.07 Å². The summed E-state index contributed by atoms with van der Waals surface area (Å²) in [4.78, 5) is 16.6. The van der Waals surface area contributed by atoms with Gasteiger partial charge >= 0.3 is 13.2 Å². The Balaban J connectivity index is 1.67. The van der Waals surface area contributed by atoms with E-state index < -0.39 is 13.2 Å². The van der Waals surface area contributed by atoms with Gasteiger partial charge in [0.25, 0.3) is 0 Å². The van der Waals surface area contributed by atoms with Gasteiger partial charge in [0.1, 0.15) is 0 Å². The van der Waals surface area contributed by atoms with Gasteiger partial charge in [0.2, 0.25) is 0 Å². The average Bonchev–Trinajstić information content (AvgIpc) is 2.57. The molecule has 22 heavy (non-hydrogen) atoms. The largest absolute Gasteiger partial charge is 0.496 e. The molecule has 0 spiro atoms.